The number of aryl methyl sites for hydroxylation is 1. The highest BCUT2D eigenvalue weighted by atomic mass is 32.1. The van der Waals surface area contributed by atoms with E-state index in [1.807, 2.05) is 23.6 Å². The van der Waals surface area contributed by atoms with Crippen LogP contribution in [0.4, 0.5) is 0 Å². The first-order valence-corrected chi connectivity index (χ1v) is 9.52. The number of hydrogen-bond donors (Lipinski definition) is 1. The molecule has 0 saturated carbocycles. The molecule has 4 nitrogen and oxygen atoms in total. The summed E-state index contributed by atoms with van der Waals surface area (Å²) < 4.78 is 0. The molecule has 1 saturated heterocycles. The zero-order valence-corrected chi connectivity index (χ0v) is 15.2. The maximum Gasteiger partial charge on any atom is 0.223 e. The topological polar surface area (TPSA) is 57.6 Å². The van der Waals surface area contributed by atoms with Gasteiger partial charge < -0.3 is 10.0 Å². The van der Waals surface area contributed by atoms with Gasteiger partial charge in [0.25, 0.3) is 0 Å². The number of carbonyl (C=O) groups is 2. The number of hydrogen-bond acceptors (Lipinski definition) is 4. The third-order valence-corrected chi connectivity index (χ3v) is 5.99. The van der Waals surface area contributed by atoms with Gasteiger partial charge in [-0.15, -0.1) is 11.3 Å². The largest absolute Gasteiger partial charge is 0.391 e. The second-order valence-corrected chi connectivity index (χ2v) is 7.51. The van der Waals surface area contributed by atoms with Gasteiger partial charge in [-0.2, -0.15) is 0 Å². The molecule has 1 aliphatic rings. The van der Waals surface area contributed by atoms with Gasteiger partial charge in [0.05, 0.1) is 6.10 Å². The van der Waals surface area contributed by atoms with Crippen molar-refractivity contribution in [1.29, 1.82) is 0 Å². The zero-order valence-electron chi connectivity index (χ0n) is 14.4. The molecule has 0 radical (unpaired) electrons. The fourth-order valence-corrected chi connectivity index (χ4v) is 4.50. The van der Waals surface area contributed by atoms with Crippen LogP contribution in [0.25, 0.3) is 0 Å². The van der Waals surface area contributed by atoms with E-state index in [9.17, 15) is 14.7 Å². The molecule has 1 aliphatic heterocycles. The van der Waals surface area contributed by atoms with E-state index in [1.165, 1.54) is 10.4 Å². The highest BCUT2D eigenvalue weighted by molar-refractivity contribution is 7.10. The second-order valence-electron chi connectivity index (χ2n) is 6.56. The Labute approximate surface area is 152 Å². The van der Waals surface area contributed by atoms with Crippen LogP contribution in [0.2, 0.25) is 0 Å². The Balaban J connectivity index is 1.53. The van der Waals surface area contributed by atoms with E-state index >= 15 is 0 Å². The molecule has 0 bridgehead atoms. The molecule has 3 rings (SSSR count). The number of aliphatic hydroxyl groups is 1. The van der Waals surface area contributed by atoms with Crippen LogP contribution < -0.4 is 0 Å². The Hall–Kier alpha value is -1.98. The highest BCUT2D eigenvalue weighted by Gasteiger charge is 2.32. The molecule has 2 atom stereocenters. The van der Waals surface area contributed by atoms with Crippen molar-refractivity contribution in [1.82, 2.24) is 4.90 Å². The van der Waals surface area contributed by atoms with E-state index < -0.39 is 6.10 Å². The number of thiophene rings is 1. The summed E-state index contributed by atoms with van der Waals surface area (Å²) in [5.74, 6) is 0.0401. The molecule has 0 aliphatic carbocycles. The lowest BCUT2D eigenvalue weighted by Crippen LogP contribution is -2.45. The predicted molar refractivity (Wildman–Crippen MR) is 99.0 cm³/mol. The van der Waals surface area contributed by atoms with Crippen molar-refractivity contribution in [3.63, 3.8) is 0 Å². The normalized spacial score (nSPS) is 20.5. The van der Waals surface area contributed by atoms with Gasteiger partial charge in [0.2, 0.25) is 5.91 Å². The molecule has 2 aromatic rings. The number of Topliss-reactive ketones (excluding diaryl/α,β-unsaturated/α-hetero) is 1. The number of aliphatic hydroxyl groups excluding tert-OH is 1. The van der Waals surface area contributed by atoms with Crippen LogP contribution in [0.5, 0.6) is 0 Å². The Morgan fingerprint density at radius 2 is 1.96 bits per heavy atom. The van der Waals surface area contributed by atoms with Crippen molar-refractivity contribution in [3.8, 4) is 0 Å². The lowest BCUT2D eigenvalue weighted by Gasteiger charge is -2.36. The second kappa shape index (κ2) is 7.93. The standard InChI is InChI=1S/C20H23NO3S/c1-14-10-12-25-20(14)16-9-11-21(13-18(16)23)19(24)8-7-17(22)15-5-3-2-4-6-15/h2-6,10,12,16,18,23H,7-9,11,13H2,1H3/t16-,18-/m1/s1. The SMILES string of the molecule is Cc1ccsc1[C@@H]1CCN(C(=O)CCC(=O)c2ccccc2)C[C@H]1O. The third-order valence-electron chi connectivity index (χ3n) is 4.83. The first-order chi connectivity index (χ1) is 12.1. The van der Waals surface area contributed by atoms with E-state index in [2.05, 4.69) is 13.0 Å². The molecule has 1 aromatic heterocycles. The smallest absolute Gasteiger partial charge is 0.223 e. The maximum atomic E-state index is 12.4. The molecule has 132 valence electrons. The molecule has 1 fully saturated rings. The van der Waals surface area contributed by atoms with Crippen LogP contribution in [0.1, 0.15) is 46.0 Å². The number of nitrogens with zero attached hydrogens (tertiary/aromatic N) is 1. The van der Waals surface area contributed by atoms with Crippen LogP contribution in [-0.2, 0) is 4.79 Å². The highest BCUT2D eigenvalue weighted by Crippen LogP contribution is 2.34. The number of amides is 1. The van der Waals surface area contributed by atoms with Crippen molar-refractivity contribution in [3.05, 3.63) is 57.8 Å². The summed E-state index contributed by atoms with van der Waals surface area (Å²) in [6.07, 6.45) is 0.632. The van der Waals surface area contributed by atoms with Crippen molar-refractivity contribution >= 4 is 23.0 Å². The molecule has 1 N–H and O–H groups in total. The number of benzene rings is 1. The number of likely N-dealkylation sites (tertiary alicyclic amines) is 1. The molecule has 1 amide bonds. The van der Waals surface area contributed by atoms with Gasteiger partial charge in [-0.25, -0.2) is 0 Å². The van der Waals surface area contributed by atoms with Gasteiger partial charge in [0.15, 0.2) is 5.78 Å². The van der Waals surface area contributed by atoms with Crippen molar-refractivity contribution in [2.45, 2.75) is 38.2 Å². The van der Waals surface area contributed by atoms with Crippen molar-refractivity contribution in [2.75, 3.05) is 13.1 Å². The molecular formula is C20H23NO3S. The van der Waals surface area contributed by atoms with Crippen LogP contribution >= 0.6 is 11.3 Å². The fourth-order valence-electron chi connectivity index (χ4n) is 3.38. The van der Waals surface area contributed by atoms with Gasteiger partial charge in [-0.05, 0) is 30.4 Å². The molecule has 0 spiro atoms. The lowest BCUT2D eigenvalue weighted by atomic mass is 9.90. The summed E-state index contributed by atoms with van der Waals surface area (Å²) in [4.78, 5) is 27.4. The van der Waals surface area contributed by atoms with Gasteiger partial charge >= 0.3 is 0 Å². The number of rotatable bonds is 5. The number of β-amino-alcohol motifs (C(OH)–C–C–N with tert-alkyl or cyclic N) is 1. The quantitative estimate of drug-likeness (QED) is 0.835. The fraction of sp³-hybridized carbons (Fsp3) is 0.400. The monoisotopic (exact) mass is 357 g/mol. The number of ketones is 1. The van der Waals surface area contributed by atoms with Crippen molar-refractivity contribution < 1.29 is 14.7 Å². The molecule has 0 unspecified atom stereocenters. The first kappa shape index (κ1) is 17.8. The Morgan fingerprint density at radius 3 is 2.60 bits per heavy atom. The Bertz CT molecular complexity index is 740. The third kappa shape index (κ3) is 4.17. The molecule has 1 aromatic carbocycles. The predicted octanol–water partition coefficient (Wildman–Crippen LogP) is 3.40. The number of piperidine rings is 1. The van der Waals surface area contributed by atoms with E-state index in [4.69, 9.17) is 0 Å². The van der Waals surface area contributed by atoms with Crippen molar-refractivity contribution in [2.24, 2.45) is 0 Å². The zero-order chi connectivity index (χ0) is 17.8. The number of carbonyl (C=O) groups excluding carboxylic acids is 2. The van der Waals surface area contributed by atoms with E-state index in [0.29, 0.717) is 18.7 Å². The molecule has 2 heterocycles. The summed E-state index contributed by atoms with van der Waals surface area (Å²) in [5, 5.41) is 12.5. The minimum absolute atomic E-state index is 0.0152. The Kier molecular flexibility index (Phi) is 5.66. The van der Waals surface area contributed by atoms with E-state index in [-0.39, 0.29) is 30.4 Å². The van der Waals surface area contributed by atoms with Gasteiger partial charge in [0, 0.05) is 42.3 Å². The summed E-state index contributed by atoms with van der Waals surface area (Å²) >= 11 is 1.67. The molecule has 5 heteroatoms. The summed E-state index contributed by atoms with van der Waals surface area (Å²) in [6, 6.07) is 11.1. The van der Waals surface area contributed by atoms with Gasteiger partial charge in [-0.1, -0.05) is 30.3 Å². The first-order valence-electron chi connectivity index (χ1n) is 8.64. The van der Waals surface area contributed by atoms with Crippen LogP contribution in [0.15, 0.2) is 41.8 Å². The average molecular weight is 357 g/mol. The average Bonchev–Trinajstić information content (AvgIpc) is 3.05. The summed E-state index contributed by atoms with van der Waals surface area (Å²) in [7, 11) is 0. The van der Waals surface area contributed by atoms with E-state index in [0.717, 1.165) is 6.42 Å². The minimum Gasteiger partial charge on any atom is -0.391 e. The maximum absolute atomic E-state index is 12.4. The minimum atomic E-state index is -0.542. The Morgan fingerprint density at radius 1 is 1.20 bits per heavy atom. The summed E-state index contributed by atoms with van der Waals surface area (Å²) in [5.41, 5.74) is 1.85. The van der Waals surface area contributed by atoms with E-state index in [1.54, 1.807) is 28.4 Å². The lowest BCUT2D eigenvalue weighted by molar-refractivity contribution is -0.134. The summed E-state index contributed by atoms with van der Waals surface area (Å²) in [6.45, 7) is 3.04. The van der Waals surface area contributed by atoms with Crippen LogP contribution in [-0.4, -0.2) is 40.9 Å². The van der Waals surface area contributed by atoms with Crippen LogP contribution in [0, 0.1) is 6.92 Å². The van der Waals surface area contributed by atoms with Gasteiger partial charge in [0.1, 0.15) is 0 Å². The van der Waals surface area contributed by atoms with Crippen LogP contribution in [0.3, 0.4) is 0 Å². The molecular weight excluding hydrogens is 334 g/mol. The molecule has 25 heavy (non-hydrogen) atoms. The van der Waals surface area contributed by atoms with Gasteiger partial charge in [-0.3, -0.25) is 9.59 Å².